The van der Waals surface area contributed by atoms with Crippen LogP contribution in [0.3, 0.4) is 0 Å². The standard InChI is InChI=1S/C28H37.C12H7Si.2ClH.Zr/c1-18-11-12-19-13-23(28(8,9)10)17-24(19)25(18)20-14-21(26(2,3)4)16-22(15-20)27(5,6)7;1-3-7-11-9(5-1)10-6-2-4-8-12(10)13-11;;;/h11-17H,1-10H3;1-7H;2*1H;/q2*-1;;;+4/p-2. The molecule has 226 valence electrons. The van der Waals surface area contributed by atoms with Gasteiger partial charge < -0.3 is 0 Å². The van der Waals surface area contributed by atoms with Crippen molar-refractivity contribution >= 4 is 47.7 Å². The van der Waals surface area contributed by atoms with Gasteiger partial charge in [0.1, 0.15) is 0 Å². The fourth-order valence-corrected chi connectivity index (χ4v) is 6.88. The van der Waals surface area contributed by atoms with E-state index in [4.69, 9.17) is 17.0 Å². The van der Waals surface area contributed by atoms with E-state index in [1.54, 1.807) is 0 Å². The van der Waals surface area contributed by atoms with Crippen molar-refractivity contribution in [3.8, 4) is 22.3 Å². The van der Waals surface area contributed by atoms with Gasteiger partial charge >= 0.3 is 37.9 Å². The molecule has 0 saturated heterocycles. The van der Waals surface area contributed by atoms with Crippen LogP contribution >= 0.6 is 17.0 Å². The first-order valence-electron chi connectivity index (χ1n) is 15.2. The molecule has 1 heterocycles. The average Bonchev–Trinajstić information content (AvgIpc) is 3.55. The molecule has 0 nitrogen and oxygen atoms in total. The quantitative estimate of drug-likeness (QED) is 0.118. The van der Waals surface area contributed by atoms with E-state index in [2.05, 4.69) is 154 Å². The largest absolute Gasteiger partial charge is 0.184 e. The van der Waals surface area contributed by atoms with Crippen LogP contribution in [0, 0.1) is 13.0 Å². The van der Waals surface area contributed by atoms with Crippen LogP contribution in [0.4, 0.5) is 0 Å². The third-order valence-corrected chi connectivity index (χ3v) is 9.62. The van der Waals surface area contributed by atoms with Gasteiger partial charge in [0.15, 0.2) is 0 Å². The fourth-order valence-electron chi connectivity index (χ4n) is 5.57. The Morgan fingerprint density at radius 1 is 0.705 bits per heavy atom. The average molecular weight is 715 g/mol. The third-order valence-electron chi connectivity index (χ3n) is 8.25. The molecule has 0 fully saturated rings. The van der Waals surface area contributed by atoms with Crippen LogP contribution < -0.4 is 10.4 Å². The maximum absolute atomic E-state index is 4.93. The zero-order valence-corrected chi connectivity index (χ0v) is 32.8. The molecule has 0 unspecified atom stereocenters. The van der Waals surface area contributed by atoms with Gasteiger partial charge in [-0.2, -0.15) is 35.5 Å². The van der Waals surface area contributed by atoms with Crippen LogP contribution in [0.15, 0.2) is 84.9 Å². The molecule has 2 radical (unpaired) electrons. The number of hydrogen-bond acceptors (Lipinski definition) is 0. The summed E-state index contributed by atoms with van der Waals surface area (Å²) in [5.74, 6) is 0. The molecule has 44 heavy (non-hydrogen) atoms. The summed E-state index contributed by atoms with van der Waals surface area (Å²) < 4.78 is 0. The van der Waals surface area contributed by atoms with E-state index in [-0.39, 0.29) is 16.2 Å². The number of hydrogen-bond donors (Lipinski definition) is 0. The molecule has 0 aliphatic carbocycles. The van der Waals surface area contributed by atoms with Gasteiger partial charge in [-0.1, -0.05) is 127 Å². The number of benzene rings is 4. The molecule has 0 N–H and O–H groups in total. The van der Waals surface area contributed by atoms with Crippen molar-refractivity contribution in [1.29, 1.82) is 0 Å². The molecule has 1 aliphatic rings. The Hall–Kier alpha value is -1.83. The molecule has 0 spiro atoms. The molecule has 0 atom stereocenters. The Kier molecular flexibility index (Phi) is 11.1. The minimum absolute atomic E-state index is 0.125. The van der Waals surface area contributed by atoms with E-state index in [1.807, 2.05) is 6.07 Å². The summed E-state index contributed by atoms with van der Waals surface area (Å²) >= 11 is -0.826. The minimum Gasteiger partial charge on any atom is -0.184 e. The van der Waals surface area contributed by atoms with Gasteiger partial charge in [-0.3, -0.25) is 0 Å². The van der Waals surface area contributed by atoms with Gasteiger partial charge in [-0.15, -0.1) is 40.1 Å². The van der Waals surface area contributed by atoms with E-state index in [1.165, 1.54) is 65.7 Å². The summed E-state index contributed by atoms with van der Waals surface area (Å²) in [6, 6.07) is 34.8. The molecule has 0 amide bonds. The SMILES string of the molecule is Cc1ccc2[cH-]c(C(C)(C)C)cc2c1-c1cc(C(C)(C)C)cc(C(C)(C)C)c1.[Cl][Zr+2][Cl].[c-]1cccc2c1[Si]c1ccccc1-2. The molecule has 1 aliphatic heterocycles. The number of fused-ring (bicyclic) bond motifs is 4. The van der Waals surface area contributed by atoms with Crippen LogP contribution in [0.2, 0.25) is 0 Å². The Morgan fingerprint density at radius 3 is 1.89 bits per heavy atom. The predicted octanol–water partition coefficient (Wildman–Crippen LogP) is 10.9. The number of rotatable bonds is 1. The molecule has 4 heteroatoms. The normalized spacial score (nSPS) is 12.4. The molecule has 0 saturated carbocycles. The second kappa shape index (κ2) is 13.9. The summed E-state index contributed by atoms with van der Waals surface area (Å²) in [5, 5.41) is 5.56. The molecule has 5 aromatic carbocycles. The topological polar surface area (TPSA) is 0 Å². The summed E-state index contributed by atoms with van der Waals surface area (Å²) in [6.07, 6.45) is 0. The molecule has 0 bridgehead atoms. The minimum atomic E-state index is -0.826. The monoisotopic (exact) mass is 712 g/mol. The second-order valence-electron chi connectivity index (χ2n) is 14.8. The maximum atomic E-state index is 4.93. The zero-order valence-electron chi connectivity index (χ0n) is 27.8. The smallest absolute Gasteiger partial charge is 0.0920 e. The first-order valence-corrected chi connectivity index (χ1v) is 22.6. The summed E-state index contributed by atoms with van der Waals surface area (Å²) in [4.78, 5) is 0. The Bertz CT molecular complexity index is 1670. The first kappa shape index (κ1) is 35.0. The maximum Gasteiger partial charge on any atom is 0.0920 e. The first-order chi connectivity index (χ1) is 20.5. The van der Waals surface area contributed by atoms with E-state index in [0.29, 0.717) is 0 Å². The van der Waals surface area contributed by atoms with Crippen molar-refractivity contribution in [3.63, 3.8) is 0 Å². The second-order valence-corrected chi connectivity index (χ2v) is 19.8. The molecule has 6 rings (SSSR count). The summed E-state index contributed by atoms with van der Waals surface area (Å²) in [6.45, 7) is 23.0. The van der Waals surface area contributed by atoms with Gasteiger partial charge in [0.25, 0.3) is 0 Å². The van der Waals surface area contributed by atoms with Crippen LogP contribution in [0.1, 0.15) is 84.6 Å². The fraction of sp³-hybridized carbons (Fsp3) is 0.325. The van der Waals surface area contributed by atoms with Crippen molar-refractivity contribution in [3.05, 3.63) is 113 Å². The third kappa shape index (κ3) is 8.11. The van der Waals surface area contributed by atoms with Crippen LogP contribution in [0.25, 0.3) is 33.0 Å². The van der Waals surface area contributed by atoms with Gasteiger partial charge in [-0.25, -0.2) is 0 Å². The van der Waals surface area contributed by atoms with Crippen molar-refractivity contribution in [2.45, 2.75) is 85.5 Å². The van der Waals surface area contributed by atoms with Gasteiger partial charge in [0.2, 0.25) is 0 Å². The predicted molar refractivity (Wildman–Crippen MR) is 193 cm³/mol. The molecule has 0 aromatic heterocycles. The van der Waals surface area contributed by atoms with Crippen LogP contribution in [0.5, 0.6) is 0 Å². The van der Waals surface area contributed by atoms with Gasteiger partial charge in [-0.05, 0) is 39.9 Å². The Balaban J connectivity index is 0.000000226. The molecule has 5 aromatic rings. The van der Waals surface area contributed by atoms with E-state index < -0.39 is 20.8 Å². The molecular formula is C40H44Cl2SiZr. The van der Waals surface area contributed by atoms with E-state index in [9.17, 15) is 0 Å². The Labute approximate surface area is 287 Å². The van der Waals surface area contributed by atoms with E-state index >= 15 is 0 Å². The van der Waals surface area contributed by atoms with E-state index in [0.717, 1.165) is 9.52 Å². The van der Waals surface area contributed by atoms with Crippen molar-refractivity contribution in [1.82, 2.24) is 0 Å². The number of halogens is 2. The Morgan fingerprint density at radius 2 is 1.30 bits per heavy atom. The zero-order chi connectivity index (χ0) is 32.4. The van der Waals surface area contributed by atoms with Gasteiger partial charge in [0.05, 0.1) is 9.52 Å². The van der Waals surface area contributed by atoms with Crippen LogP contribution in [-0.2, 0) is 37.1 Å². The summed E-state index contributed by atoms with van der Waals surface area (Å²) in [7, 11) is 10.7. The van der Waals surface area contributed by atoms with Crippen molar-refractivity contribution < 1.29 is 20.8 Å². The van der Waals surface area contributed by atoms with Crippen LogP contribution in [-0.4, -0.2) is 9.52 Å². The molecular weight excluding hydrogens is 671 g/mol. The van der Waals surface area contributed by atoms with Crippen molar-refractivity contribution in [2.24, 2.45) is 0 Å². The summed E-state index contributed by atoms with van der Waals surface area (Å²) in [5.41, 5.74) is 11.5. The number of aryl methyl sites for hydroxylation is 1. The van der Waals surface area contributed by atoms with Gasteiger partial charge in [0, 0.05) is 0 Å². The van der Waals surface area contributed by atoms with Crippen molar-refractivity contribution in [2.75, 3.05) is 0 Å².